The fourth-order valence-electron chi connectivity index (χ4n) is 4.33. The third-order valence-corrected chi connectivity index (χ3v) is 5.92. The molecule has 0 saturated carbocycles. The molecule has 2 N–H and O–H groups in total. The SMILES string of the molecule is CCCC=C(c1ccccc1N1CCCCC1)C(C(N)=O)c1ccc(C(=O)OCC)cc1. The van der Waals surface area contributed by atoms with Crippen LogP contribution in [0.4, 0.5) is 5.69 Å². The Balaban J connectivity index is 2.04. The van der Waals surface area contributed by atoms with Crippen molar-refractivity contribution in [3.8, 4) is 0 Å². The van der Waals surface area contributed by atoms with Crippen molar-refractivity contribution in [3.05, 3.63) is 71.3 Å². The van der Waals surface area contributed by atoms with Crippen molar-refractivity contribution in [1.82, 2.24) is 0 Å². The molecule has 3 rings (SSSR count). The molecule has 0 aromatic heterocycles. The fourth-order valence-corrected chi connectivity index (χ4v) is 4.33. The second-order valence-corrected chi connectivity index (χ2v) is 8.19. The summed E-state index contributed by atoms with van der Waals surface area (Å²) in [5.74, 6) is -1.36. The summed E-state index contributed by atoms with van der Waals surface area (Å²) in [5.41, 5.74) is 10.4. The highest BCUT2D eigenvalue weighted by atomic mass is 16.5. The number of nitrogens with zero attached hydrogens (tertiary/aromatic N) is 1. The normalized spacial score (nSPS) is 15.3. The highest BCUT2D eigenvalue weighted by Gasteiger charge is 2.27. The number of carbonyl (C=O) groups excluding carboxylic acids is 2. The predicted molar refractivity (Wildman–Crippen MR) is 130 cm³/mol. The summed E-state index contributed by atoms with van der Waals surface area (Å²) in [7, 11) is 0. The lowest BCUT2D eigenvalue weighted by atomic mass is 9.84. The van der Waals surface area contributed by atoms with Crippen LogP contribution in [-0.2, 0) is 9.53 Å². The number of carbonyl (C=O) groups is 2. The first-order valence-electron chi connectivity index (χ1n) is 11.7. The lowest BCUT2D eigenvalue weighted by Gasteiger charge is -2.32. The van der Waals surface area contributed by atoms with E-state index >= 15 is 0 Å². The van der Waals surface area contributed by atoms with Gasteiger partial charge >= 0.3 is 5.97 Å². The maximum Gasteiger partial charge on any atom is 0.338 e. The number of para-hydroxylation sites is 1. The van der Waals surface area contributed by atoms with E-state index in [4.69, 9.17) is 10.5 Å². The van der Waals surface area contributed by atoms with Crippen LogP contribution < -0.4 is 10.6 Å². The van der Waals surface area contributed by atoms with Crippen LogP contribution in [0, 0.1) is 0 Å². The number of ether oxygens (including phenoxy) is 1. The number of amides is 1. The minimum absolute atomic E-state index is 0.321. The molecule has 5 heteroatoms. The molecule has 1 saturated heterocycles. The summed E-state index contributed by atoms with van der Waals surface area (Å²) in [6, 6.07) is 15.3. The minimum atomic E-state index is -0.594. The number of hydrogen-bond acceptors (Lipinski definition) is 4. The van der Waals surface area contributed by atoms with Gasteiger partial charge in [0.25, 0.3) is 0 Å². The monoisotopic (exact) mass is 434 g/mol. The van der Waals surface area contributed by atoms with E-state index in [9.17, 15) is 9.59 Å². The summed E-state index contributed by atoms with van der Waals surface area (Å²) in [4.78, 5) is 27.2. The number of primary amides is 1. The first kappa shape index (κ1) is 23.6. The van der Waals surface area contributed by atoms with Gasteiger partial charge in [-0.05, 0) is 61.9 Å². The molecule has 1 fully saturated rings. The Morgan fingerprint density at radius 2 is 1.72 bits per heavy atom. The van der Waals surface area contributed by atoms with E-state index in [0.29, 0.717) is 12.2 Å². The first-order valence-corrected chi connectivity index (χ1v) is 11.7. The average molecular weight is 435 g/mol. The van der Waals surface area contributed by atoms with Gasteiger partial charge in [0.1, 0.15) is 0 Å². The number of rotatable bonds is 9. The van der Waals surface area contributed by atoms with Gasteiger partial charge in [-0.2, -0.15) is 0 Å². The zero-order chi connectivity index (χ0) is 22.9. The first-order chi connectivity index (χ1) is 15.6. The number of nitrogens with two attached hydrogens (primary N) is 1. The maximum atomic E-state index is 12.8. The molecule has 32 heavy (non-hydrogen) atoms. The Kier molecular flexibility index (Phi) is 8.48. The predicted octanol–water partition coefficient (Wildman–Crippen LogP) is 5.31. The van der Waals surface area contributed by atoms with Crippen molar-refractivity contribution in [2.75, 3.05) is 24.6 Å². The van der Waals surface area contributed by atoms with E-state index in [1.54, 1.807) is 19.1 Å². The van der Waals surface area contributed by atoms with Crippen LogP contribution in [0.15, 0.2) is 54.6 Å². The molecule has 2 aromatic carbocycles. The quantitative estimate of drug-likeness (QED) is 0.543. The lowest BCUT2D eigenvalue weighted by Crippen LogP contribution is -2.31. The van der Waals surface area contributed by atoms with E-state index < -0.39 is 11.8 Å². The van der Waals surface area contributed by atoms with Gasteiger partial charge in [0.15, 0.2) is 0 Å². The minimum Gasteiger partial charge on any atom is -0.462 e. The van der Waals surface area contributed by atoms with Crippen LogP contribution in [0.5, 0.6) is 0 Å². The summed E-state index contributed by atoms with van der Waals surface area (Å²) < 4.78 is 5.08. The average Bonchev–Trinajstić information content (AvgIpc) is 2.82. The number of allylic oxidation sites excluding steroid dienone is 1. The van der Waals surface area contributed by atoms with Crippen LogP contribution >= 0.6 is 0 Å². The van der Waals surface area contributed by atoms with Crippen LogP contribution in [-0.4, -0.2) is 31.6 Å². The number of anilines is 1. The summed E-state index contributed by atoms with van der Waals surface area (Å²) in [5, 5.41) is 0. The second-order valence-electron chi connectivity index (χ2n) is 8.19. The van der Waals surface area contributed by atoms with Crippen molar-refractivity contribution in [2.24, 2.45) is 5.73 Å². The molecular weight excluding hydrogens is 400 g/mol. The van der Waals surface area contributed by atoms with E-state index in [2.05, 4.69) is 36.1 Å². The highest BCUT2D eigenvalue weighted by Crippen LogP contribution is 2.38. The Morgan fingerprint density at radius 1 is 1.03 bits per heavy atom. The smallest absolute Gasteiger partial charge is 0.338 e. The summed E-state index contributed by atoms with van der Waals surface area (Å²) in [6.07, 6.45) is 7.59. The summed E-state index contributed by atoms with van der Waals surface area (Å²) in [6.45, 7) is 6.26. The van der Waals surface area contributed by atoms with Crippen molar-refractivity contribution < 1.29 is 14.3 Å². The third-order valence-electron chi connectivity index (χ3n) is 5.92. The van der Waals surface area contributed by atoms with Gasteiger partial charge in [-0.1, -0.05) is 49.8 Å². The van der Waals surface area contributed by atoms with Crippen molar-refractivity contribution in [1.29, 1.82) is 0 Å². The largest absolute Gasteiger partial charge is 0.462 e. The zero-order valence-corrected chi connectivity index (χ0v) is 19.2. The number of piperidine rings is 1. The van der Waals surface area contributed by atoms with Crippen molar-refractivity contribution in [2.45, 2.75) is 51.9 Å². The molecule has 0 aliphatic carbocycles. The molecule has 170 valence electrons. The Labute approximate surface area is 191 Å². The molecule has 1 aliphatic heterocycles. The lowest BCUT2D eigenvalue weighted by molar-refractivity contribution is -0.118. The summed E-state index contributed by atoms with van der Waals surface area (Å²) >= 11 is 0. The Bertz CT molecular complexity index is 944. The number of unbranched alkanes of at least 4 members (excludes halogenated alkanes) is 1. The molecule has 1 heterocycles. The van der Waals surface area contributed by atoms with Crippen LogP contribution in [0.2, 0.25) is 0 Å². The molecule has 1 aliphatic rings. The van der Waals surface area contributed by atoms with Gasteiger partial charge in [0, 0.05) is 24.3 Å². The molecule has 2 aromatic rings. The van der Waals surface area contributed by atoms with Gasteiger partial charge in [-0.25, -0.2) is 4.79 Å². The standard InChI is InChI=1S/C27H34N2O3/c1-3-5-11-23(22-12-7-8-13-24(22)29-18-9-6-10-19-29)25(26(28)30)20-14-16-21(17-15-20)27(31)32-4-2/h7-8,11-17,25H,3-6,9-10,18-19H2,1-2H3,(H2,28,30). The third kappa shape index (κ3) is 5.58. The molecule has 1 amide bonds. The van der Waals surface area contributed by atoms with E-state index in [1.165, 1.54) is 19.3 Å². The molecule has 1 atom stereocenters. The van der Waals surface area contributed by atoms with Crippen molar-refractivity contribution >= 4 is 23.1 Å². The highest BCUT2D eigenvalue weighted by molar-refractivity contribution is 5.99. The van der Waals surface area contributed by atoms with E-state index in [1.807, 2.05) is 18.2 Å². The zero-order valence-electron chi connectivity index (χ0n) is 19.2. The molecule has 5 nitrogen and oxygen atoms in total. The molecule has 1 unspecified atom stereocenters. The molecular formula is C27H34N2O3. The molecule has 0 spiro atoms. The number of benzene rings is 2. The van der Waals surface area contributed by atoms with Crippen LogP contribution in [0.25, 0.3) is 5.57 Å². The number of hydrogen-bond donors (Lipinski definition) is 1. The van der Waals surface area contributed by atoms with Gasteiger partial charge in [-0.15, -0.1) is 0 Å². The van der Waals surface area contributed by atoms with Crippen LogP contribution in [0.1, 0.15) is 73.4 Å². The number of esters is 1. The van der Waals surface area contributed by atoms with Gasteiger partial charge in [-0.3, -0.25) is 4.79 Å². The van der Waals surface area contributed by atoms with E-state index in [0.717, 1.165) is 48.3 Å². The maximum absolute atomic E-state index is 12.8. The van der Waals surface area contributed by atoms with Gasteiger partial charge < -0.3 is 15.4 Å². The Morgan fingerprint density at radius 3 is 2.34 bits per heavy atom. The van der Waals surface area contributed by atoms with E-state index in [-0.39, 0.29) is 5.97 Å². The molecule has 0 bridgehead atoms. The van der Waals surface area contributed by atoms with Crippen molar-refractivity contribution in [3.63, 3.8) is 0 Å². The molecule has 0 radical (unpaired) electrons. The van der Waals surface area contributed by atoms with Gasteiger partial charge in [0.2, 0.25) is 5.91 Å². The fraction of sp³-hybridized carbons (Fsp3) is 0.407. The topological polar surface area (TPSA) is 72.6 Å². The van der Waals surface area contributed by atoms with Crippen LogP contribution in [0.3, 0.4) is 0 Å². The van der Waals surface area contributed by atoms with Gasteiger partial charge in [0.05, 0.1) is 18.1 Å². The Hall–Kier alpha value is -3.08. The second kappa shape index (κ2) is 11.5.